The number of aliphatic carboxylic acids is 1. The number of carboxylic acids is 1. The van der Waals surface area contributed by atoms with Crippen LogP contribution in [0.25, 0.3) is 11.1 Å². The molecule has 2 aromatic carbocycles. The molecule has 19 atom stereocenters. The molecule has 362 valence electrons. The van der Waals surface area contributed by atoms with Crippen molar-refractivity contribution in [1.82, 2.24) is 5.32 Å². The Morgan fingerprint density at radius 2 is 1.20 bits per heavy atom. The zero-order valence-electron chi connectivity index (χ0n) is 35.5. The van der Waals surface area contributed by atoms with Crippen molar-refractivity contribution in [3.63, 3.8) is 0 Å². The topological polar surface area (TPSA) is 370 Å². The monoisotopic (exact) mass is 924 g/mol. The Balaban J connectivity index is 0.000000265. The number of hydrogen-bond acceptors (Lipinski definition) is 21. The van der Waals surface area contributed by atoms with Crippen LogP contribution in [-0.4, -0.2) is 209 Å². The van der Waals surface area contributed by atoms with Crippen LogP contribution in [0.4, 0.5) is 0 Å². The van der Waals surface area contributed by atoms with Gasteiger partial charge in [-0.15, -0.1) is 0 Å². The number of rotatable bonds is 13. The Morgan fingerprint density at radius 1 is 0.677 bits per heavy atom. The Morgan fingerprint density at radius 3 is 1.77 bits per heavy atom. The first-order valence-electron chi connectivity index (χ1n) is 21.3. The number of ether oxygens (including phenoxy) is 6. The molecule has 0 radical (unpaired) electrons. The van der Waals surface area contributed by atoms with E-state index in [2.05, 4.69) is 17.4 Å². The minimum atomic E-state index is -1.88. The molecule has 22 heteroatoms. The van der Waals surface area contributed by atoms with Gasteiger partial charge >= 0.3 is 11.9 Å². The lowest BCUT2D eigenvalue weighted by Gasteiger charge is -2.48. The van der Waals surface area contributed by atoms with Crippen molar-refractivity contribution in [2.75, 3.05) is 19.8 Å². The van der Waals surface area contributed by atoms with Crippen molar-refractivity contribution in [2.24, 2.45) is 5.73 Å². The van der Waals surface area contributed by atoms with Crippen molar-refractivity contribution < 1.29 is 99.3 Å². The first kappa shape index (κ1) is 50.8. The van der Waals surface area contributed by atoms with Crippen LogP contribution in [0.3, 0.4) is 0 Å². The molecule has 15 N–H and O–H groups in total. The number of carbonyl (C=O) groups excluding carboxylic acids is 1. The van der Waals surface area contributed by atoms with Crippen LogP contribution in [0.15, 0.2) is 60.2 Å². The van der Waals surface area contributed by atoms with Gasteiger partial charge in [-0.3, -0.25) is 9.59 Å². The van der Waals surface area contributed by atoms with Gasteiger partial charge in [0.2, 0.25) is 0 Å². The second-order valence-electron chi connectivity index (χ2n) is 16.8. The van der Waals surface area contributed by atoms with Gasteiger partial charge < -0.3 is 101 Å². The maximum atomic E-state index is 11.6. The second-order valence-corrected chi connectivity index (χ2v) is 16.8. The summed E-state index contributed by atoms with van der Waals surface area (Å²) in [6.45, 7) is 1.84. The van der Waals surface area contributed by atoms with E-state index in [0.717, 1.165) is 11.1 Å². The third-order valence-corrected chi connectivity index (χ3v) is 12.4. The number of aliphatic hydroxyl groups is 11. The van der Waals surface area contributed by atoms with E-state index in [1.807, 2.05) is 36.4 Å². The quantitative estimate of drug-likeness (QED) is 0.0667. The van der Waals surface area contributed by atoms with Crippen molar-refractivity contribution in [3.8, 4) is 11.1 Å². The second kappa shape index (κ2) is 22.0. The summed E-state index contributed by atoms with van der Waals surface area (Å²) in [6.07, 6.45) is -24.5. The molecule has 5 aliphatic rings. The molecule has 3 heterocycles. The van der Waals surface area contributed by atoms with E-state index in [0.29, 0.717) is 5.57 Å². The Labute approximate surface area is 373 Å². The molecule has 65 heavy (non-hydrogen) atoms. The molecular formula is C43H60N2O20. The lowest BCUT2D eigenvalue weighted by Crippen LogP contribution is -2.68. The fourth-order valence-corrected chi connectivity index (χ4v) is 8.72. The number of hydrogen-bond donors (Lipinski definition) is 14. The molecule has 2 aromatic rings. The molecule has 0 saturated carbocycles. The van der Waals surface area contributed by atoms with Crippen LogP contribution in [0.5, 0.6) is 0 Å². The molecule has 0 amide bonds. The van der Waals surface area contributed by atoms with E-state index in [1.54, 1.807) is 6.92 Å². The summed E-state index contributed by atoms with van der Waals surface area (Å²) < 4.78 is 33.1. The summed E-state index contributed by atoms with van der Waals surface area (Å²) in [5, 5.41) is 125. The van der Waals surface area contributed by atoms with Gasteiger partial charge in [0.1, 0.15) is 92.2 Å². The molecule has 8 unspecified atom stereocenters. The summed E-state index contributed by atoms with van der Waals surface area (Å²) in [6, 6.07) is 14.3. The van der Waals surface area contributed by atoms with Gasteiger partial charge in [0.05, 0.1) is 44.2 Å². The van der Waals surface area contributed by atoms with Crippen LogP contribution in [0.2, 0.25) is 0 Å². The van der Waals surface area contributed by atoms with E-state index in [9.17, 15) is 65.8 Å². The van der Waals surface area contributed by atoms with Crippen molar-refractivity contribution in [3.05, 3.63) is 71.3 Å². The van der Waals surface area contributed by atoms with Gasteiger partial charge in [0, 0.05) is 5.92 Å². The summed E-state index contributed by atoms with van der Waals surface area (Å²) in [5.74, 6) is -1.45. The number of benzene rings is 2. The number of aliphatic hydroxyl groups excluding tert-OH is 11. The first-order chi connectivity index (χ1) is 30.9. The summed E-state index contributed by atoms with van der Waals surface area (Å²) in [7, 11) is 0. The number of carbonyl (C=O) groups is 2. The largest absolute Gasteiger partial charge is 0.481 e. The smallest absolute Gasteiger partial charge is 0.306 e. The standard InChI is InChI=1S/C25H44N2O16.C18H16O4/c1-6-3-8(13(31)15(33)12(6)30)27-11-7(2)39-24(19(37)14(11)32)42-22-10(5-29)41-25(20(38)17(22)35)43-21-9(4-28)40-23(26)18(36)16(21)34;19-17(20)9-10-18(21)22-11-16-14-7-3-1-5-12(14)13-6-2-4-8-15(13)16/h3,7-25,27-38H,4-5,26H2,1-2H3;1-8,16H,9-11H2,(H,19,20)/t7?,8-,9?,10?,11+,12+,13?,14-,15-,16+,17+,18?,19?,20?,21+,22+,23?,24+,25+;/m1./s1. The molecule has 0 aromatic heterocycles. The Bertz CT molecular complexity index is 1890. The average Bonchev–Trinajstić information content (AvgIpc) is 3.62. The highest BCUT2D eigenvalue weighted by Crippen LogP contribution is 2.44. The predicted molar refractivity (Wildman–Crippen MR) is 220 cm³/mol. The van der Waals surface area contributed by atoms with Crippen molar-refractivity contribution >= 4 is 11.9 Å². The molecule has 3 aliphatic heterocycles. The van der Waals surface area contributed by atoms with Crippen LogP contribution < -0.4 is 11.1 Å². The Kier molecular flexibility index (Phi) is 17.2. The SMILES string of the molecule is CC1=C[C@@H](N[C@H]2C(C)O[C@@H](O[C@H]3C(CO)O[C@@H](O[C@H]4C(CO)OC(N)C(O)[C@@H]4O)C(O)[C@@H]3O)C(O)[C@@H]2O)C(O)[C@H](O)[C@H]1O.O=C(O)CCC(=O)OCC1c2ccccc2-c2ccccc21. The predicted octanol–water partition coefficient (Wildman–Crippen LogP) is -4.36. The fraction of sp³-hybridized carbons (Fsp3) is 0.628. The third kappa shape index (κ3) is 11.1. The van der Waals surface area contributed by atoms with E-state index < -0.39 is 141 Å². The van der Waals surface area contributed by atoms with E-state index in [-0.39, 0.29) is 25.4 Å². The highest BCUT2D eigenvalue weighted by molar-refractivity contribution is 5.79. The van der Waals surface area contributed by atoms with Gasteiger partial charge in [0.25, 0.3) is 0 Å². The highest BCUT2D eigenvalue weighted by atomic mass is 16.7. The lowest BCUT2D eigenvalue weighted by molar-refractivity contribution is -0.367. The molecule has 3 saturated heterocycles. The first-order valence-corrected chi connectivity index (χ1v) is 21.3. The van der Waals surface area contributed by atoms with Crippen molar-refractivity contribution in [1.29, 1.82) is 0 Å². The number of esters is 1. The van der Waals surface area contributed by atoms with Crippen LogP contribution in [0.1, 0.15) is 43.7 Å². The van der Waals surface area contributed by atoms with Crippen LogP contribution >= 0.6 is 0 Å². The molecule has 2 aliphatic carbocycles. The number of nitrogens with one attached hydrogen (secondary N) is 1. The number of fused-ring (bicyclic) bond motifs is 3. The van der Waals surface area contributed by atoms with E-state index in [1.165, 1.54) is 24.1 Å². The van der Waals surface area contributed by atoms with Gasteiger partial charge in [-0.05, 0) is 41.7 Å². The normalized spacial score (nSPS) is 39.3. The van der Waals surface area contributed by atoms with Gasteiger partial charge in [-0.25, -0.2) is 0 Å². The molecule has 3 fully saturated rings. The highest BCUT2D eigenvalue weighted by Gasteiger charge is 2.53. The summed E-state index contributed by atoms with van der Waals surface area (Å²) in [4.78, 5) is 22.1. The molecule has 0 bridgehead atoms. The van der Waals surface area contributed by atoms with Crippen molar-refractivity contribution in [2.45, 2.75) is 149 Å². The molecule has 0 spiro atoms. The van der Waals surface area contributed by atoms with Gasteiger partial charge in [0.15, 0.2) is 12.6 Å². The van der Waals surface area contributed by atoms with Gasteiger partial charge in [-0.1, -0.05) is 54.6 Å². The van der Waals surface area contributed by atoms with Crippen LogP contribution in [0, 0.1) is 0 Å². The maximum Gasteiger partial charge on any atom is 0.306 e. The minimum absolute atomic E-state index is 0.0150. The molecule has 22 nitrogen and oxygen atoms in total. The summed E-state index contributed by atoms with van der Waals surface area (Å²) in [5.41, 5.74) is 10.6. The van der Waals surface area contributed by atoms with Crippen LogP contribution in [-0.2, 0) is 38.0 Å². The zero-order chi connectivity index (χ0) is 47.4. The molecular weight excluding hydrogens is 864 g/mol. The van der Waals surface area contributed by atoms with Gasteiger partial charge in [-0.2, -0.15) is 0 Å². The number of carboxylic acid groups (broad SMARTS) is 1. The number of nitrogens with two attached hydrogens (primary N) is 1. The molecule has 7 rings (SSSR count). The van der Waals surface area contributed by atoms with E-state index in [4.69, 9.17) is 39.3 Å². The maximum absolute atomic E-state index is 11.6. The van der Waals surface area contributed by atoms with E-state index >= 15 is 0 Å². The minimum Gasteiger partial charge on any atom is -0.481 e. The summed E-state index contributed by atoms with van der Waals surface area (Å²) >= 11 is 0. The zero-order valence-corrected chi connectivity index (χ0v) is 35.5. The average molecular weight is 925 g/mol. The Hall–Kier alpha value is -3.60. The lowest BCUT2D eigenvalue weighted by atomic mass is 9.87. The third-order valence-electron chi connectivity index (χ3n) is 12.4. The fourth-order valence-electron chi connectivity index (χ4n) is 8.72.